The zero-order valence-electron chi connectivity index (χ0n) is 15.0. The first kappa shape index (κ1) is 20.8. The van der Waals surface area contributed by atoms with Crippen molar-refractivity contribution >= 4 is 39.4 Å². The number of methoxy groups -OCH3 is 1. The molecule has 144 valence electrons. The molecule has 0 bridgehead atoms. The molecule has 1 aromatic carbocycles. The lowest BCUT2D eigenvalue weighted by Gasteiger charge is -2.15. The van der Waals surface area contributed by atoms with Gasteiger partial charge in [-0.05, 0) is 30.5 Å². The lowest BCUT2D eigenvalue weighted by atomic mass is 10.1. The molecule has 1 aromatic rings. The first-order valence-corrected chi connectivity index (χ1v) is 10.0. The van der Waals surface area contributed by atoms with Crippen molar-refractivity contribution in [2.24, 2.45) is 0 Å². The molecule has 1 amide bonds. The van der Waals surface area contributed by atoms with Gasteiger partial charge in [0.25, 0.3) is 0 Å². The average Bonchev–Trinajstić information content (AvgIpc) is 3.06. The van der Waals surface area contributed by atoms with E-state index >= 15 is 0 Å². The maximum atomic E-state index is 12.4. The van der Waals surface area contributed by atoms with Crippen LogP contribution in [0.5, 0.6) is 11.5 Å². The topological polar surface area (TPSA) is 65.1 Å². The third kappa shape index (κ3) is 5.04. The highest BCUT2D eigenvalue weighted by atomic mass is 79.9. The summed E-state index contributed by atoms with van der Waals surface area (Å²) in [6.45, 7) is 3.41. The lowest BCUT2D eigenvalue weighted by molar-refractivity contribution is -0.145. The summed E-state index contributed by atoms with van der Waals surface area (Å²) in [4.78, 5) is 25.5. The summed E-state index contributed by atoms with van der Waals surface area (Å²) >= 11 is 9.89. The molecule has 2 rings (SSSR count). The monoisotopic (exact) mass is 447 g/mol. The number of fused-ring (bicyclic) bond motifs is 1. The smallest absolute Gasteiger partial charge is 0.306 e. The summed E-state index contributed by atoms with van der Waals surface area (Å²) < 4.78 is 16.0. The number of hydrogen-bond acceptors (Lipinski definition) is 5. The highest BCUT2D eigenvalue weighted by Crippen LogP contribution is 2.43. The molecule has 0 fully saturated rings. The van der Waals surface area contributed by atoms with E-state index in [0.29, 0.717) is 42.8 Å². The van der Waals surface area contributed by atoms with Crippen molar-refractivity contribution in [3.8, 4) is 11.5 Å². The van der Waals surface area contributed by atoms with Crippen LogP contribution in [0.25, 0.3) is 0 Å². The van der Waals surface area contributed by atoms with Crippen molar-refractivity contribution in [3.63, 3.8) is 0 Å². The molecule has 8 heteroatoms. The normalized spacial score (nSPS) is 12.7. The van der Waals surface area contributed by atoms with Gasteiger partial charge in [-0.1, -0.05) is 27.5 Å². The maximum absolute atomic E-state index is 12.4. The van der Waals surface area contributed by atoms with E-state index in [0.717, 1.165) is 22.9 Å². The Hall–Kier alpha value is -1.47. The third-order valence-electron chi connectivity index (χ3n) is 4.04. The van der Waals surface area contributed by atoms with Crippen LogP contribution in [0, 0.1) is 0 Å². The molecule has 0 aromatic heterocycles. The lowest BCUT2D eigenvalue weighted by Crippen LogP contribution is -2.25. The van der Waals surface area contributed by atoms with Crippen LogP contribution < -0.4 is 9.47 Å². The van der Waals surface area contributed by atoms with E-state index in [-0.39, 0.29) is 24.7 Å². The molecule has 0 N–H and O–H groups in total. The van der Waals surface area contributed by atoms with Crippen LogP contribution in [-0.4, -0.2) is 42.4 Å². The molecule has 0 unspecified atom stereocenters. The number of halogens is 2. The highest BCUT2D eigenvalue weighted by molar-refractivity contribution is 9.09. The van der Waals surface area contributed by atoms with Gasteiger partial charge in [-0.25, -0.2) is 0 Å². The van der Waals surface area contributed by atoms with Gasteiger partial charge in [-0.2, -0.15) is 0 Å². The van der Waals surface area contributed by atoms with Gasteiger partial charge in [-0.3, -0.25) is 9.59 Å². The second-order valence-corrected chi connectivity index (χ2v) is 6.98. The number of alkyl halides is 1. The standard InChI is InChI=1S/C18H23BrClNO5/c1-3-25-16(23)6-5-15(22)21-10-12-9-14(24-2)18(26-8-4-7-19)17(20)13(12)11-21/h9H,3-8,10-11H2,1-2H3. The van der Waals surface area contributed by atoms with Crippen molar-refractivity contribution in [2.75, 3.05) is 25.7 Å². The van der Waals surface area contributed by atoms with E-state index in [4.69, 9.17) is 25.8 Å². The molecule has 26 heavy (non-hydrogen) atoms. The second kappa shape index (κ2) is 10.0. The van der Waals surface area contributed by atoms with Gasteiger partial charge in [0.2, 0.25) is 5.91 Å². The first-order chi connectivity index (χ1) is 12.5. The zero-order valence-corrected chi connectivity index (χ0v) is 17.3. The van der Waals surface area contributed by atoms with Crippen LogP contribution in [-0.2, 0) is 27.4 Å². The van der Waals surface area contributed by atoms with Crippen LogP contribution in [0.1, 0.15) is 37.3 Å². The van der Waals surface area contributed by atoms with Crippen LogP contribution >= 0.6 is 27.5 Å². The SMILES string of the molecule is CCOC(=O)CCC(=O)N1Cc2cc(OC)c(OCCCBr)c(Cl)c2C1. The summed E-state index contributed by atoms with van der Waals surface area (Å²) in [5.74, 6) is 0.601. The number of ether oxygens (including phenoxy) is 3. The van der Waals surface area contributed by atoms with Crippen molar-refractivity contribution in [2.45, 2.75) is 39.3 Å². The molecule has 0 saturated heterocycles. The number of amides is 1. The average molecular weight is 449 g/mol. The number of carbonyl (C=O) groups is 2. The first-order valence-electron chi connectivity index (χ1n) is 8.52. The van der Waals surface area contributed by atoms with Crippen LogP contribution in [0.3, 0.4) is 0 Å². The molecule has 6 nitrogen and oxygen atoms in total. The molecular weight excluding hydrogens is 426 g/mol. The van der Waals surface area contributed by atoms with Crippen molar-refractivity contribution in [1.29, 1.82) is 0 Å². The number of esters is 1. The summed E-state index contributed by atoms with van der Waals surface area (Å²) in [6.07, 6.45) is 1.04. The molecular formula is C18H23BrClNO5. The zero-order chi connectivity index (χ0) is 19.1. The fourth-order valence-electron chi connectivity index (χ4n) is 2.75. The van der Waals surface area contributed by atoms with E-state index in [1.807, 2.05) is 6.07 Å². The number of benzene rings is 1. The summed E-state index contributed by atoms with van der Waals surface area (Å²) in [5.41, 5.74) is 1.80. The number of hydrogen-bond donors (Lipinski definition) is 0. The molecule has 1 heterocycles. The molecule has 0 atom stereocenters. The number of carbonyl (C=O) groups excluding carboxylic acids is 2. The van der Waals surface area contributed by atoms with Crippen molar-refractivity contribution in [1.82, 2.24) is 4.90 Å². The Kier molecular flexibility index (Phi) is 8.03. The Bertz CT molecular complexity index is 667. The predicted octanol–water partition coefficient (Wildman–Crippen LogP) is 3.70. The number of nitrogens with zero attached hydrogens (tertiary/aromatic N) is 1. The summed E-state index contributed by atoms with van der Waals surface area (Å²) in [5, 5.41) is 1.32. The third-order valence-corrected chi connectivity index (χ3v) is 5.00. The molecule has 0 radical (unpaired) electrons. The quantitative estimate of drug-likeness (QED) is 0.327. The molecule has 0 aliphatic carbocycles. The van der Waals surface area contributed by atoms with Crippen LogP contribution in [0.15, 0.2) is 6.07 Å². The van der Waals surface area contributed by atoms with Gasteiger partial charge in [0.05, 0.1) is 31.8 Å². The predicted molar refractivity (Wildman–Crippen MR) is 102 cm³/mol. The van der Waals surface area contributed by atoms with E-state index < -0.39 is 0 Å². The highest BCUT2D eigenvalue weighted by Gasteiger charge is 2.29. The van der Waals surface area contributed by atoms with Crippen LogP contribution in [0.4, 0.5) is 0 Å². The minimum absolute atomic E-state index is 0.0808. The summed E-state index contributed by atoms with van der Waals surface area (Å²) in [7, 11) is 1.56. The second-order valence-electron chi connectivity index (χ2n) is 5.81. The van der Waals surface area contributed by atoms with Crippen LogP contribution in [0.2, 0.25) is 5.02 Å². The van der Waals surface area contributed by atoms with Crippen molar-refractivity contribution in [3.05, 3.63) is 22.2 Å². The maximum Gasteiger partial charge on any atom is 0.306 e. The van der Waals surface area contributed by atoms with Gasteiger partial charge >= 0.3 is 5.97 Å². The minimum atomic E-state index is -0.361. The van der Waals surface area contributed by atoms with Gasteiger partial charge in [-0.15, -0.1) is 0 Å². The van der Waals surface area contributed by atoms with Crippen molar-refractivity contribution < 1.29 is 23.8 Å². The Morgan fingerprint density at radius 3 is 2.73 bits per heavy atom. The fourth-order valence-corrected chi connectivity index (χ4v) is 3.31. The van der Waals surface area contributed by atoms with E-state index in [2.05, 4.69) is 15.9 Å². The Morgan fingerprint density at radius 1 is 1.31 bits per heavy atom. The van der Waals surface area contributed by atoms with Gasteiger partial charge in [0, 0.05) is 24.8 Å². The molecule has 1 aliphatic rings. The minimum Gasteiger partial charge on any atom is -0.493 e. The number of rotatable bonds is 9. The molecule has 0 spiro atoms. The fraction of sp³-hybridized carbons (Fsp3) is 0.556. The van der Waals surface area contributed by atoms with Gasteiger partial charge in [0.1, 0.15) is 0 Å². The van der Waals surface area contributed by atoms with Gasteiger partial charge < -0.3 is 19.1 Å². The molecule has 1 aliphatic heterocycles. The van der Waals surface area contributed by atoms with E-state index in [1.165, 1.54) is 0 Å². The molecule has 0 saturated carbocycles. The largest absolute Gasteiger partial charge is 0.493 e. The Balaban J connectivity index is 2.08. The van der Waals surface area contributed by atoms with Gasteiger partial charge in [0.15, 0.2) is 11.5 Å². The Labute approximate surface area is 166 Å². The van der Waals surface area contributed by atoms with E-state index in [1.54, 1.807) is 18.9 Å². The van der Waals surface area contributed by atoms with E-state index in [9.17, 15) is 9.59 Å². The Morgan fingerprint density at radius 2 is 2.08 bits per heavy atom. The summed E-state index contributed by atoms with van der Waals surface area (Å²) in [6, 6.07) is 1.86.